The van der Waals surface area contributed by atoms with Gasteiger partial charge in [0.15, 0.2) is 5.78 Å². The van der Waals surface area contributed by atoms with Crippen LogP contribution < -0.4 is 0 Å². The molecule has 5 heteroatoms. The van der Waals surface area contributed by atoms with Gasteiger partial charge in [0.05, 0.1) is 17.8 Å². The van der Waals surface area contributed by atoms with E-state index in [-0.39, 0.29) is 11.2 Å². The van der Waals surface area contributed by atoms with Gasteiger partial charge in [-0.3, -0.25) is 4.79 Å². The van der Waals surface area contributed by atoms with Gasteiger partial charge in [-0.1, -0.05) is 44.1 Å². The molecule has 37 heavy (non-hydrogen) atoms. The minimum atomic E-state index is -1.29. The van der Waals surface area contributed by atoms with Crippen LogP contribution in [-0.2, 0) is 4.79 Å². The van der Waals surface area contributed by atoms with E-state index in [1.54, 1.807) is 13.8 Å². The maximum Gasteiger partial charge on any atom is 0.163 e. The fraction of sp³-hybridized carbons (Fsp3) is 0.781. The molecular weight excluding hydrogens is 464 g/mol. The van der Waals surface area contributed by atoms with E-state index < -0.39 is 23.4 Å². The van der Waals surface area contributed by atoms with Crippen LogP contribution in [-0.4, -0.2) is 49.6 Å². The third kappa shape index (κ3) is 7.65. The minimum absolute atomic E-state index is 0.0902. The maximum atomic E-state index is 12.6. The first-order chi connectivity index (χ1) is 17.1. The lowest BCUT2D eigenvalue weighted by Crippen LogP contribution is -2.37. The Hall–Kier alpha value is -1.27. The minimum Gasteiger partial charge on any atom is -0.393 e. The highest BCUT2D eigenvalue weighted by molar-refractivity contribution is 5.86. The molecule has 0 aliphatic heterocycles. The molecule has 0 saturated heterocycles. The second-order valence-corrected chi connectivity index (χ2v) is 13.6. The molecule has 5 nitrogen and oxygen atoms in total. The number of fused-ring (bicyclic) bond motifs is 1. The van der Waals surface area contributed by atoms with E-state index in [0.717, 1.165) is 62.5 Å². The molecule has 0 spiro atoms. The average Bonchev–Trinajstić information content (AvgIpc) is 3.13. The van der Waals surface area contributed by atoms with Gasteiger partial charge < -0.3 is 20.4 Å². The lowest BCUT2D eigenvalue weighted by Gasteiger charge is -2.45. The highest BCUT2D eigenvalue weighted by atomic mass is 16.3. The third-order valence-electron chi connectivity index (χ3n) is 9.66. The van der Waals surface area contributed by atoms with Crippen molar-refractivity contribution < 1.29 is 25.2 Å². The number of carbonyl (C=O) groups is 1. The first kappa shape index (κ1) is 30.3. The van der Waals surface area contributed by atoms with E-state index in [1.807, 2.05) is 13.8 Å². The predicted molar refractivity (Wildman–Crippen MR) is 149 cm³/mol. The summed E-state index contributed by atoms with van der Waals surface area (Å²) in [5.41, 5.74) is 1.34. The molecule has 0 bridgehead atoms. The Kier molecular flexibility index (Phi) is 9.70. The number of carbonyl (C=O) groups excluding carboxylic acids is 1. The maximum absolute atomic E-state index is 12.6. The lowest BCUT2D eigenvalue weighted by molar-refractivity contribution is -0.134. The number of hydrogen-bond acceptors (Lipinski definition) is 5. The Morgan fingerprint density at radius 1 is 1.14 bits per heavy atom. The van der Waals surface area contributed by atoms with Crippen LogP contribution >= 0.6 is 0 Å². The Balaban J connectivity index is 1.79. The predicted octanol–water partition coefficient (Wildman–Crippen LogP) is 5.81. The van der Waals surface area contributed by atoms with E-state index in [2.05, 4.69) is 25.7 Å². The van der Waals surface area contributed by atoms with Crippen LogP contribution in [0.3, 0.4) is 0 Å². The topological polar surface area (TPSA) is 98.0 Å². The first-order valence-electron chi connectivity index (χ1n) is 14.5. The molecule has 3 rings (SSSR count). The Labute approximate surface area is 224 Å². The second kappa shape index (κ2) is 11.9. The van der Waals surface area contributed by atoms with Gasteiger partial charge >= 0.3 is 0 Å². The molecule has 210 valence electrons. The van der Waals surface area contributed by atoms with Crippen molar-refractivity contribution in [1.29, 1.82) is 0 Å². The van der Waals surface area contributed by atoms with Crippen molar-refractivity contribution in [1.82, 2.24) is 0 Å². The molecule has 3 aliphatic carbocycles. The molecule has 2 unspecified atom stereocenters. The largest absolute Gasteiger partial charge is 0.393 e. The van der Waals surface area contributed by atoms with Crippen molar-refractivity contribution in [3.63, 3.8) is 0 Å². The zero-order valence-corrected chi connectivity index (χ0v) is 23.9. The molecule has 3 saturated carbocycles. The Morgan fingerprint density at radius 2 is 1.84 bits per heavy atom. The highest BCUT2D eigenvalue weighted by Crippen LogP contribution is 2.60. The summed E-state index contributed by atoms with van der Waals surface area (Å²) >= 11 is 0. The third-order valence-corrected chi connectivity index (χ3v) is 9.66. The van der Waals surface area contributed by atoms with E-state index in [1.165, 1.54) is 12.0 Å². The summed E-state index contributed by atoms with van der Waals surface area (Å²) in [4.78, 5) is 12.6. The summed E-state index contributed by atoms with van der Waals surface area (Å²) in [7, 11) is 0. The Morgan fingerprint density at radius 3 is 2.49 bits per heavy atom. The molecule has 0 aromatic carbocycles. The van der Waals surface area contributed by atoms with E-state index in [0.29, 0.717) is 37.0 Å². The Bertz CT molecular complexity index is 886. The molecule has 0 aromatic heterocycles. The number of Topliss-reactive ketones (excluding diaryl/α,β-unsaturated/α-hetero) is 1. The molecule has 0 radical (unpaired) electrons. The number of hydrogen-bond donors (Lipinski definition) is 4. The number of aliphatic hydroxyl groups excluding tert-OH is 2. The zero-order chi connectivity index (χ0) is 27.6. The highest BCUT2D eigenvalue weighted by Gasteiger charge is 2.51. The van der Waals surface area contributed by atoms with Crippen LogP contribution in [0.25, 0.3) is 0 Å². The summed E-state index contributed by atoms with van der Waals surface area (Å²) in [6.07, 6.45) is 13.6. The second-order valence-electron chi connectivity index (χ2n) is 13.6. The molecule has 3 aliphatic rings. The first-order valence-corrected chi connectivity index (χ1v) is 14.5. The molecule has 4 N–H and O–H groups in total. The number of rotatable bonds is 10. The van der Waals surface area contributed by atoms with Gasteiger partial charge in [0.25, 0.3) is 0 Å². The number of aliphatic hydroxyl groups is 4. The van der Waals surface area contributed by atoms with Crippen molar-refractivity contribution in [2.45, 2.75) is 135 Å². The smallest absolute Gasteiger partial charge is 0.163 e. The monoisotopic (exact) mass is 516 g/mol. The van der Waals surface area contributed by atoms with E-state index >= 15 is 0 Å². The van der Waals surface area contributed by atoms with E-state index in [4.69, 9.17) is 0 Å². The van der Waals surface area contributed by atoms with Gasteiger partial charge in [0.2, 0.25) is 0 Å². The van der Waals surface area contributed by atoms with Gasteiger partial charge in [-0.05, 0) is 113 Å². The van der Waals surface area contributed by atoms with Gasteiger partial charge in [-0.25, -0.2) is 0 Å². The van der Waals surface area contributed by atoms with Gasteiger partial charge in [-0.2, -0.15) is 0 Å². The summed E-state index contributed by atoms with van der Waals surface area (Å²) in [6.45, 7) is 13.4. The van der Waals surface area contributed by atoms with Gasteiger partial charge in [0, 0.05) is 12.8 Å². The van der Waals surface area contributed by atoms with Crippen LogP contribution in [0.4, 0.5) is 0 Å². The molecular formula is C32H52O5. The quantitative estimate of drug-likeness (QED) is 0.294. The summed E-state index contributed by atoms with van der Waals surface area (Å²) in [5.74, 6) is 1.31. The van der Waals surface area contributed by atoms with Crippen molar-refractivity contribution in [2.75, 3.05) is 0 Å². The fourth-order valence-electron chi connectivity index (χ4n) is 7.48. The van der Waals surface area contributed by atoms with Crippen LogP contribution in [0.1, 0.15) is 112 Å². The van der Waals surface area contributed by atoms with Crippen LogP contribution in [0.2, 0.25) is 0 Å². The van der Waals surface area contributed by atoms with E-state index in [9.17, 15) is 25.2 Å². The number of allylic oxidation sites excluding steroid dienone is 3. The standard InChI is InChI=1S/C32H52O5/c1-21-24(19-25(33)20-28(21)34)12-11-22-10-8-18-32(6)26(22)14-15-27(32)23(9-7-17-30(2,3)36)13-16-29(35)31(4,5)37/h11-12,23,25-28,33-34,36-37H,1,7-10,13-20H2,2-6H3/b22-11+,24-12-/t23-,25+,26?,27+,28?,32-/m0/s1. The number of ketones is 1. The molecule has 0 amide bonds. The average molecular weight is 517 g/mol. The summed E-state index contributed by atoms with van der Waals surface area (Å²) in [5, 5.41) is 40.8. The molecule has 0 heterocycles. The van der Waals surface area contributed by atoms with Crippen molar-refractivity contribution in [3.8, 4) is 0 Å². The fourth-order valence-corrected chi connectivity index (χ4v) is 7.48. The zero-order valence-electron chi connectivity index (χ0n) is 23.9. The van der Waals surface area contributed by atoms with Gasteiger partial charge in [0.1, 0.15) is 5.60 Å². The normalized spacial score (nSPS) is 34.1. The van der Waals surface area contributed by atoms with Gasteiger partial charge in [-0.15, -0.1) is 0 Å². The van der Waals surface area contributed by atoms with Crippen molar-refractivity contribution >= 4 is 5.78 Å². The summed E-state index contributed by atoms with van der Waals surface area (Å²) < 4.78 is 0. The molecule has 0 aromatic rings. The molecule has 6 atom stereocenters. The SMILES string of the molecule is C=C1/C(=C\C=C2/CCC[C@@]3(C)C2CC[C@@H]3[C@@H](CCCC(C)(C)O)CCC(=O)C(C)(C)O)C[C@@H](O)CC1O. The van der Waals surface area contributed by atoms with Crippen molar-refractivity contribution in [3.05, 3.63) is 35.5 Å². The molecule has 3 fully saturated rings. The van der Waals surface area contributed by atoms with Crippen molar-refractivity contribution in [2.24, 2.45) is 23.2 Å². The van der Waals surface area contributed by atoms with Crippen LogP contribution in [0.15, 0.2) is 35.5 Å². The lowest BCUT2D eigenvalue weighted by atomic mass is 9.60. The summed E-state index contributed by atoms with van der Waals surface area (Å²) in [6, 6.07) is 0. The van der Waals surface area contributed by atoms with Crippen LogP contribution in [0, 0.1) is 23.2 Å². The van der Waals surface area contributed by atoms with Crippen LogP contribution in [0.5, 0.6) is 0 Å².